The van der Waals surface area contributed by atoms with Crippen molar-refractivity contribution in [3.8, 4) is 0 Å². The third-order valence-electron chi connectivity index (χ3n) is 4.80. The summed E-state index contributed by atoms with van der Waals surface area (Å²) in [6.45, 7) is 18.2. The highest BCUT2D eigenvalue weighted by Crippen LogP contribution is 2.30. The smallest absolute Gasteiger partial charge is 0.00439 e. The Bertz CT molecular complexity index is 417. The summed E-state index contributed by atoms with van der Waals surface area (Å²) in [7, 11) is 0. The lowest BCUT2D eigenvalue weighted by atomic mass is 9.81. The standard InChI is InChI=1S/C19H33N/c1-8-20-12-11-19(6,7)10-9-18-16(4)14(2)13-15(3)17(18)5/h13,20H,8-12H2,1-7H3. The molecule has 1 aromatic rings. The van der Waals surface area contributed by atoms with Crippen LogP contribution in [0.15, 0.2) is 6.07 Å². The van der Waals surface area contributed by atoms with Gasteiger partial charge in [0.05, 0.1) is 0 Å². The van der Waals surface area contributed by atoms with Gasteiger partial charge in [-0.25, -0.2) is 0 Å². The summed E-state index contributed by atoms with van der Waals surface area (Å²) in [6, 6.07) is 2.32. The molecule has 20 heavy (non-hydrogen) atoms. The maximum atomic E-state index is 3.44. The molecule has 1 nitrogen and oxygen atoms in total. The highest BCUT2D eigenvalue weighted by atomic mass is 14.8. The van der Waals surface area contributed by atoms with Crippen molar-refractivity contribution >= 4 is 0 Å². The number of rotatable bonds is 7. The molecule has 0 spiro atoms. The van der Waals surface area contributed by atoms with Crippen LogP contribution >= 0.6 is 0 Å². The van der Waals surface area contributed by atoms with Gasteiger partial charge in [-0.05, 0) is 93.3 Å². The van der Waals surface area contributed by atoms with Gasteiger partial charge in [0.2, 0.25) is 0 Å². The van der Waals surface area contributed by atoms with Crippen molar-refractivity contribution in [2.24, 2.45) is 5.41 Å². The average molecular weight is 275 g/mol. The summed E-state index contributed by atoms with van der Waals surface area (Å²) in [5.41, 5.74) is 7.87. The zero-order valence-electron chi connectivity index (χ0n) is 14.6. The molecule has 0 amide bonds. The van der Waals surface area contributed by atoms with E-state index in [1.807, 2.05) is 0 Å². The van der Waals surface area contributed by atoms with E-state index in [9.17, 15) is 0 Å². The van der Waals surface area contributed by atoms with E-state index in [4.69, 9.17) is 0 Å². The lowest BCUT2D eigenvalue weighted by molar-refractivity contribution is 0.303. The molecule has 0 aliphatic rings. The van der Waals surface area contributed by atoms with E-state index < -0.39 is 0 Å². The molecule has 1 rings (SSSR count). The first-order chi connectivity index (χ1) is 9.28. The molecule has 0 radical (unpaired) electrons. The second kappa shape index (κ2) is 7.26. The van der Waals surface area contributed by atoms with Crippen molar-refractivity contribution in [1.29, 1.82) is 0 Å². The van der Waals surface area contributed by atoms with Crippen LogP contribution in [0.25, 0.3) is 0 Å². The lowest BCUT2D eigenvalue weighted by Crippen LogP contribution is -2.23. The molecule has 0 aliphatic heterocycles. The van der Waals surface area contributed by atoms with Crippen molar-refractivity contribution < 1.29 is 0 Å². The van der Waals surface area contributed by atoms with E-state index in [1.165, 1.54) is 41.5 Å². The van der Waals surface area contributed by atoms with Gasteiger partial charge >= 0.3 is 0 Å². The monoisotopic (exact) mass is 275 g/mol. The highest BCUT2D eigenvalue weighted by Gasteiger charge is 2.19. The fourth-order valence-corrected chi connectivity index (χ4v) is 2.87. The number of aryl methyl sites for hydroxylation is 2. The van der Waals surface area contributed by atoms with Gasteiger partial charge in [0.1, 0.15) is 0 Å². The second-order valence-electron chi connectivity index (χ2n) is 7.01. The van der Waals surface area contributed by atoms with E-state index in [1.54, 1.807) is 5.56 Å². The molecule has 114 valence electrons. The summed E-state index contributed by atoms with van der Waals surface area (Å²) in [5.74, 6) is 0. The van der Waals surface area contributed by atoms with Crippen molar-refractivity contribution in [3.05, 3.63) is 33.9 Å². The molecule has 0 unspecified atom stereocenters. The molecule has 1 N–H and O–H groups in total. The predicted molar refractivity (Wildman–Crippen MR) is 90.7 cm³/mol. The summed E-state index contributed by atoms with van der Waals surface area (Å²) >= 11 is 0. The van der Waals surface area contributed by atoms with Gasteiger partial charge in [0, 0.05) is 0 Å². The Hall–Kier alpha value is -0.820. The fraction of sp³-hybridized carbons (Fsp3) is 0.684. The van der Waals surface area contributed by atoms with Crippen LogP contribution in [0.2, 0.25) is 0 Å². The van der Waals surface area contributed by atoms with Crippen molar-refractivity contribution in [3.63, 3.8) is 0 Å². The maximum absolute atomic E-state index is 3.44. The van der Waals surface area contributed by atoms with E-state index in [0.717, 1.165) is 13.1 Å². The van der Waals surface area contributed by atoms with Crippen LogP contribution in [0.5, 0.6) is 0 Å². The normalized spacial score (nSPS) is 11.9. The van der Waals surface area contributed by atoms with E-state index in [0.29, 0.717) is 5.41 Å². The average Bonchev–Trinajstić information content (AvgIpc) is 2.36. The highest BCUT2D eigenvalue weighted by molar-refractivity contribution is 5.44. The van der Waals surface area contributed by atoms with Crippen molar-refractivity contribution in [2.75, 3.05) is 13.1 Å². The van der Waals surface area contributed by atoms with Gasteiger partial charge < -0.3 is 5.32 Å². The Balaban J connectivity index is 2.74. The Kier molecular flexibility index (Phi) is 6.26. The minimum atomic E-state index is 0.415. The summed E-state index contributed by atoms with van der Waals surface area (Å²) in [4.78, 5) is 0. The molecule has 0 aromatic heterocycles. The molecular formula is C19H33N. The van der Waals surface area contributed by atoms with Crippen LogP contribution in [-0.4, -0.2) is 13.1 Å². The number of benzene rings is 1. The number of nitrogens with one attached hydrogen (secondary N) is 1. The van der Waals surface area contributed by atoms with Crippen LogP contribution in [0.3, 0.4) is 0 Å². The van der Waals surface area contributed by atoms with Crippen LogP contribution in [0.4, 0.5) is 0 Å². The minimum Gasteiger partial charge on any atom is -0.317 e. The van der Waals surface area contributed by atoms with Gasteiger partial charge in [-0.15, -0.1) is 0 Å². The first kappa shape index (κ1) is 17.2. The van der Waals surface area contributed by atoms with Gasteiger partial charge in [0.15, 0.2) is 0 Å². The second-order valence-corrected chi connectivity index (χ2v) is 7.01. The van der Waals surface area contributed by atoms with Gasteiger partial charge in [0.25, 0.3) is 0 Å². The molecule has 0 aliphatic carbocycles. The molecule has 0 saturated carbocycles. The largest absolute Gasteiger partial charge is 0.317 e. The Morgan fingerprint density at radius 3 is 2.00 bits per heavy atom. The Morgan fingerprint density at radius 2 is 1.50 bits per heavy atom. The van der Waals surface area contributed by atoms with Crippen molar-refractivity contribution in [1.82, 2.24) is 5.32 Å². The van der Waals surface area contributed by atoms with Crippen molar-refractivity contribution in [2.45, 2.75) is 67.7 Å². The quantitative estimate of drug-likeness (QED) is 0.699. The lowest BCUT2D eigenvalue weighted by Gasteiger charge is -2.26. The number of hydrogen-bond acceptors (Lipinski definition) is 1. The zero-order valence-corrected chi connectivity index (χ0v) is 14.6. The molecule has 0 atom stereocenters. The predicted octanol–water partition coefficient (Wildman–Crippen LogP) is 4.88. The summed E-state index contributed by atoms with van der Waals surface area (Å²) < 4.78 is 0. The van der Waals surface area contributed by atoms with E-state index in [2.05, 4.69) is 59.8 Å². The zero-order chi connectivity index (χ0) is 15.3. The minimum absolute atomic E-state index is 0.415. The molecule has 0 fully saturated rings. The van der Waals surface area contributed by atoms with E-state index in [-0.39, 0.29) is 0 Å². The van der Waals surface area contributed by atoms with E-state index >= 15 is 0 Å². The SMILES string of the molecule is CCNCCC(C)(C)CCc1c(C)c(C)cc(C)c1C. The van der Waals surface area contributed by atoms with Gasteiger partial charge in [-0.3, -0.25) is 0 Å². The third kappa shape index (κ3) is 4.63. The fourth-order valence-electron chi connectivity index (χ4n) is 2.87. The van der Waals surface area contributed by atoms with Gasteiger partial charge in [-0.2, -0.15) is 0 Å². The first-order valence-corrected chi connectivity index (χ1v) is 8.05. The van der Waals surface area contributed by atoms with Crippen LogP contribution in [0.1, 0.15) is 61.4 Å². The molecule has 0 saturated heterocycles. The van der Waals surface area contributed by atoms with Crippen LogP contribution in [0, 0.1) is 33.1 Å². The molecule has 1 heteroatoms. The molecule has 1 aromatic carbocycles. The van der Waals surface area contributed by atoms with Gasteiger partial charge in [-0.1, -0.05) is 26.8 Å². The molecule has 0 heterocycles. The van der Waals surface area contributed by atoms with Crippen LogP contribution < -0.4 is 5.32 Å². The Morgan fingerprint density at radius 1 is 0.950 bits per heavy atom. The Labute approximate surface area is 126 Å². The molecule has 0 bridgehead atoms. The third-order valence-corrected chi connectivity index (χ3v) is 4.80. The molecular weight excluding hydrogens is 242 g/mol. The summed E-state index contributed by atoms with van der Waals surface area (Å²) in [5, 5.41) is 3.44. The summed E-state index contributed by atoms with van der Waals surface area (Å²) in [6.07, 6.45) is 3.73. The maximum Gasteiger partial charge on any atom is -0.00439 e. The number of hydrogen-bond donors (Lipinski definition) is 1. The topological polar surface area (TPSA) is 12.0 Å². The van der Waals surface area contributed by atoms with Crippen LogP contribution in [-0.2, 0) is 6.42 Å². The first-order valence-electron chi connectivity index (χ1n) is 8.05.